The number of anilines is 1. The fraction of sp³-hybridized carbons (Fsp3) is 0.333. The zero-order valence-electron chi connectivity index (χ0n) is 13.9. The molecule has 1 N–H and O–H groups in total. The summed E-state index contributed by atoms with van der Waals surface area (Å²) in [6.45, 7) is 6.36. The van der Waals surface area contributed by atoms with Gasteiger partial charge in [0, 0.05) is 6.07 Å². The minimum absolute atomic E-state index is 0.168. The molecule has 1 aliphatic rings. The molecule has 132 valence electrons. The Bertz CT molecular complexity index is 707. The molecule has 0 spiro atoms. The number of carbonyl (C=O) groups excluding carboxylic acids is 1. The summed E-state index contributed by atoms with van der Waals surface area (Å²) in [6, 6.07) is 7.34. The Balaban J connectivity index is 1.56. The number of amides is 1. The molecule has 0 atom stereocenters. The lowest BCUT2D eigenvalue weighted by molar-refractivity contribution is -0.225. The second-order valence-electron chi connectivity index (χ2n) is 5.97. The smallest absolute Gasteiger partial charge is 0.235 e. The minimum atomic E-state index is -0.758. The van der Waals surface area contributed by atoms with Crippen molar-refractivity contribution in [1.82, 2.24) is 4.98 Å². The lowest BCUT2D eigenvalue weighted by Gasteiger charge is -2.35. The molecule has 0 saturated carbocycles. The fourth-order valence-corrected chi connectivity index (χ4v) is 3.01. The first-order valence-electron chi connectivity index (χ1n) is 7.88. The van der Waals surface area contributed by atoms with Gasteiger partial charge in [0.15, 0.2) is 6.29 Å². The Morgan fingerprint density at radius 1 is 1.48 bits per heavy atom. The third kappa shape index (κ3) is 4.25. The number of hydrogen-bond acceptors (Lipinski definition) is 6. The highest BCUT2D eigenvalue weighted by Crippen LogP contribution is 2.34. The van der Waals surface area contributed by atoms with Gasteiger partial charge in [-0.1, -0.05) is 18.7 Å². The maximum Gasteiger partial charge on any atom is 0.235 e. The SMILES string of the molecule is C=CCOc1ccc(NC(=O)C2(C)COC(c3cccs3)OC2)cn1. The molecular weight excluding hydrogens is 340 g/mol. The van der Waals surface area contributed by atoms with E-state index in [0.29, 0.717) is 18.2 Å². The van der Waals surface area contributed by atoms with Gasteiger partial charge in [-0.3, -0.25) is 4.79 Å². The second kappa shape index (κ2) is 7.77. The average Bonchev–Trinajstić information content (AvgIpc) is 3.16. The largest absolute Gasteiger partial charge is 0.473 e. The summed E-state index contributed by atoms with van der Waals surface area (Å²) < 4.78 is 16.8. The van der Waals surface area contributed by atoms with Gasteiger partial charge in [-0.05, 0) is 24.4 Å². The van der Waals surface area contributed by atoms with E-state index >= 15 is 0 Å². The minimum Gasteiger partial charge on any atom is -0.473 e. The van der Waals surface area contributed by atoms with E-state index in [1.807, 2.05) is 24.4 Å². The topological polar surface area (TPSA) is 69.7 Å². The molecule has 0 bridgehead atoms. The number of thiophene rings is 1. The van der Waals surface area contributed by atoms with Gasteiger partial charge in [-0.25, -0.2) is 4.98 Å². The molecule has 0 aliphatic carbocycles. The Morgan fingerprint density at radius 3 is 2.88 bits per heavy atom. The zero-order valence-corrected chi connectivity index (χ0v) is 14.8. The predicted octanol–water partition coefficient (Wildman–Crippen LogP) is 3.40. The summed E-state index contributed by atoms with van der Waals surface area (Å²) in [5, 5.41) is 4.82. The van der Waals surface area contributed by atoms with Crippen LogP contribution in [0.4, 0.5) is 5.69 Å². The van der Waals surface area contributed by atoms with Gasteiger partial charge in [0.1, 0.15) is 6.61 Å². The van der Waals surface area contributed by atoms with Crippen molar-refractivity contribution in [3.63, 3.8) is 0 Å². The quantitative estimate of drug-likeness (QED) is 0.800. The molecule has 2 aromatic heterocycles. The molecule has 0 radical (unpaired) electrons. The van der Waals surface area contributed by atoms with Crippen LogP contribution in [0.3, 0.4) is 0 Å². The van der Waals surface area contributed by atoms with Crippen molar-refractivity contribution in [3.8, 4) is 5.88 Å². The summed E-state index contributed by atoms with van der Waals surface area (Å²) in [5.74, 6) is 0.311. The van der Waals surface area contributed by atoms with E-state index in [4.69, 9.17) is 14.2 Å². The van der Waals surface area contributed by atoms with Crippen molar-refractivity contribution < 1.29 is 19.0 Å². The fourth-order valence-electron chi connectivity index (χ4n) is 2.30. The lowest BCUT2D eigenvalue weighted by atomic mass is 9.91. The van der Waals surface area contributed by atoms with Crippen molar-refractivity contribution in [3.05, 3.63) is 53.4 Å². The van der Waals surface area contributed by atoms with E-state index in [1.54, 1.807) is 35.7 Å². The summed E-state index contributed by atoms with van der Waals surface area (Å²) in [7, 11) is 0. The van der Waals surface area contributed by atoms with E-state index < -0.39 is 11.7 Å². The molecule has 2 aromatic rings. The molecule has 1 amide bonds. The number of nitrogens with one attached hydrogen (secondary N) is 1. The summed E-state index contributed by atoms with van der Waals surface area (Å²) in [4.78, 5) is 17.7. The first kappa shape index (κ1) is 17.6. The molecule has 1 fully saturated rings. The number of aromatic nitrogens is 1. The van der Waals surface area contributed by atoms with Gasteiger partial charge in [0.05, 0.1) is 35.4 Å². The molecule has 0 unspecified atom stereocenters. The van der Waals surface area contributed by atoms with Gasteiger partial charge in [-0.15, -0.1) is 11.3 Å². The highest BCUT2D eigenvalue weighted by Gasteiger charge is 2.40. The highest BCUT2D eigenvalue weighted by molar-refractivity contribution is 7.10. The maximum atomic E-state index is 12.6. The molecule has 0 aromatic carbocycles. The molecule has 6 nitrogen and oxygen atoms in total. The van der Waals surface area contributed by atoms with Crippen LogP contribution in [-0.2, 0) is 14.3 Å². The molecule has 1 saturated heterocycles. The average molecular weight is 360 g/mol. The van der Waals surface area contributed by atoms with Crippen LogP contribution in [0.15, 0.2) is 48.5 Å². The number of hydrogen-bond donors (Lipinski definition) is 1. The first-order chi connectivity index (χ1) is 12.1. The van der Waals surface area contributed by atoms with Crippen LogP contribution in [0.2, 0.25) is 0 Å². The number of nitrogens with zero attached hydrogens (tertiary/aromatic N) is 1. The van der Waals surface area contributed by atoms with Crippen LogP contribution in [-0.4, -0.2) is 30.7 Å². The van der Waals surface area contributed by atoms with Crippen molar-refractivity contribution >= 4 is 22.9 Å². The molecule has 1 aliphatic heterocycles. The van der Waals surface area contributed by atoms with Crippen LogP contribution in [0.5, 0.6) is 5.88 Å². The van der Waals surface area contributed by atoms with Crippen LogP contribution >= 0.6 is 11.3 Å². The third-order valence-corrected chi connectivity index (χ3v) is 4.67. The number of carbonyl (C=O) groups is 1. The first-order valence-corrected chi connectivity index (χ1v) is 8.76. The Hall–Kier alpha value is -2.22. The Kier molecular flexibility index (Phi) is 5.47. The van der Waals surface area contributed by atoms with E-state index in [2.05, 4.69) is 16.9 Å². The molecule has 7 heteroatoms. The summed E-state index contributed by atoms with van der Waals surface area (Å²) in [6.07, 6.45) is 2.80. The number of ether oxygens (including phenoxy) is 3. The monoisotopic (exact) mass is 360 g/mol. The third-order valence-electron chi connectivity index (χ3n) is 3.77. The van der Waals surface area contributed by atoms with Gasteiger partial charge in [0.25, 0.3) is 0 Å². The van der Waals surface area contributed by atoms with E-state index in [0.717, 1.165) is 4.88 Å². The van der Waals surface area contributed by atoms with E-state index in [-0.39, 0.29) is 19.1 Å². The maximum absolute atomic E-state index is 12.6. The van der Waals surface area contributed by atoms with Gasteiger partial charge < -0.3 is 19.5 Å². The number of pyridine rings is 1. The van der Waals surface area contributed by atoms with Crippen LogP contribution in [0.25, 0.3) is 0 Å². The van der Waals surface area contributed by atoms with Crippen molar-refractivity contribution in [1.29, 1.82) is 0 Å². The summed E-state index contributed by atoms with van der Waals surface area (Å²) in [5.41, 5.74) is -0.163. The molecule has 3 heterocycles. The molecule has 3 rings (SSSR count). The van der Waals surface area contributed by atoms with Crippen molar-refractivity contribution in [2.45, 2.75) is 13.2 Å². The van der Waals surface area contributed by atoms with Crippen LogP contribution < -0.4 is 10.1 Å². The van der Waals surface area contributed by atoms with Gasteiger partial charge in [-0.2, -0.15) is 0 Å². The standard InChI is InChI=1S/C18H20N2O4S/c1-3-8-22-15-7-6-13(10-19-15)20-17(21)18(2)11-23-16(24-12-18)14-5-4-9-25-14/h3-7,9-10,16H,1,8,11-12H2,2H3,(H,20,21). The normalized spacial score (nSPS) is 23.0. The van der Waals surface area contributed by atoms with E-state index in [9.17, 15) is 4.79 Å². The molecular formula is C18H20N2O4S. The van der Waals surface area contributed by atoms with Gasteiger partial charge >= 0.3 is 0 Å². The highest BCUT2D eigenvalue weighted by atomic mass is 32.1. The van der Waals surface area contributed by atoms with Crippen molar-refractivity contribution in [2.75, 3.05) is 25.1 Å². The molecule has 25 heavy (non-hydrogen) atoms. The second-order valence-corrected chi connectivity index (χ2v) is 6.95. The Labute approximate surface area is 150 Å². The Morgan fingerprint density at radius 2 is 2.28 bits per heavy atom. The summed E-state index contributed by atoms with van der Waals surface area (Å²) >= 11 is 1.57. The number of rotatable bonds is 6. The zero-order chi connectivity index (χ0) is 17.7. The van der Waals surface area contributed by atoms with Crippen molar-refractivity contribution in [2.24, 2.45) is 5.41 Å². The van der Waals surface area contributed by atoms with Crippen LogP contribution in [0.1, 0.15) is 18.1 Å². The predicted molar refractivity (Wildman–Crippen MR) is 95.6 cm³/mol. The lowest BCUT2D eigenvalue weighted by Crippen LogP contribution is -2.45. The van der Waals surface area contributed by atoms with Crippen LogP contribution in [0, 0.1) is 5.41 Å². The van der Waals surface area contributed by atoms with E-state index in [1.165, 1.54) is 0 Å². The van der Waals surface area contributed by atoms with Gasteiger partial charge in [0.2, 0.25) is 11.8 Å².